The fourth-order valence-electron chi connectivity index (χ4n) is 1.89. The number of hydrogen-bond acceptors (Lipinski definition) is 2. The average molecular weight is 329 g/mol. The molecule has 0 aromatic heterocycles. The van der Waals surface area contributed by atoms with Crippen LogP contribution in [-0.4, -0.2) is 23.8 Å². The molecule has 2 rings (SSSR count). The fraction of sp³-hybridized carbons (Fsp3) is 0.417. The summed E-state index contributed by atoms with van der Waals surface area (Å²) in [5.41, 5.74) is 0.206. The van der Waals surface area contributed by atoms with E-state index in [2.05, 4.69) is 0 Å². The summed E-state index contributed by atoms with van der Waals surface area (Å²) < 4.78 is 75.4. The minimum absolute atomic E-state index is 0.140. The lowest BCUT2D eigenvalue weighted by Gasteiger charge is -2.28. The van der Waals surface area contributed by atoms with Gasteiger partial charge >= 0.3 is 18.0 Å². The van der Waals surface area contributed by atoms with Crippen molar-refractivity contribution in [2.75, 3.05) is 5.75 Å². The summed E-state index contributed by atoms with van der Waals surface area (Å²) in [6.45, 7) is 0. The molecule has 1 unspecified atom stereocenters. The summed E-state index contributed by atoms with van der Waals surface area (Å²) >= 11 is 1.31. The van der Waals surface area contributed by atoms with Crippen molar-refractivity contribution in [2.45, 2.75) is 29.5 Å². The molecule has 1 aromatic rings. The highest BCUT2D eigenvalue weighted by molar-refractivity contribution is 7.99. The molecular formula is C12H9F6NOS. The Balaban J connectivity index is 2.23. The van der Waals surface area contributed by atoms with Gasteiger partial charge in [0, 0.05) is 10.6 Å². The Bertz CT molecular complexity index is 559. The van der Waals surface area contributed by atoms with Crippen LogP contribution in [-0.2, 0) is 4.79 Å². The van der Waals surface area contributed by atoms with E-state index >= 15 is 0 Å². The van der Waals surface area contributed by atoms with Gasteiger partial charge in [0.2, 0.25) is 0 Å². The Morgan fingerprint density at radius 1 is 1.24 bits per heavy atom. The van der Waals surface area contributed by atoms with Gasteiger partial charge in [-0.05, 0) is 30.2 Å². The molecule has 1 aromatic carbocycles. The minimum atomic E-state index is -5.97. The zero-order valence-electron chi connectivity index (χ0n) is 10.3. The first-order chi connectivity index (χ1) is 9.63. The van der Waals surface area contributed by atoms with Crippen molar-refractivity contribution in [3.63, 3.8) is 0 Å². The highest BCUT2D eigenvalue weighted by atomic mass is 32.2. The van der Waals surface area contributed by atoms with Crippen LogP contribution in [0.3, 0.4) is 0 Å². The van der Waals surface area contributed by atoms with Gasteiger partial charge in [-0.1, -0.05) is 0 Å². The van der Waals surface area contributed by atoms with Crippen LogP contribution in [0.25, 0.3) is 0 Å². The molecule has 1 N–H and O–H groups in total. The number of benzene rings is 1. The summed E-state index contributed by atoms with van der Waals surface area (Å²) in [6.07, 6.45) is -5.83. The number of carbonyl (C=O) groups is 1. The van der Waals surface area contributed by atoms with E-state index in [1.807, 2.05) is 0 Å². The molecule has 0 spiro atoms. The zero-order valence-corrected chi connectivity index (χ0v) is 11.1. The topological polar surface area (TPSA) is 29.1 Å². The second-order valence-electron chi connectivity index (χ2n) is 4.42. The minimum Gasteiger partial charge on any atom is -0.344 e. The summed E-state index contributed by atoms with van der Waals surface area (Å²) in [4.78, 5) is 11.7. The van der Waals surface area contributed by atoms with E-state index in [9.17, 15) is 31.1 Å². The normalized spacial score (nSPS) is 19.0. The van der Waals surface area contributed by atoms with Crippen LogP contribution in [0, 0.1) is 5.82 Å². The maximum absolute atomic E-state index is 13.2. The molecule has 0 fully saturated rings. The smallest absolute Gasteiger partial charge is 0.344 e. The number of amides is 1. The first kappa shape index (κ1) is 16.0. The lowest BCUT2D eigenvalue weighted by atomic mass is 10.0. The van der Waals surface area contributed by atoms with Gasteiger partial charge in [0.15, 0.2) is 0 Å². The Labute approximate surface area is 119 Å². The summed E-state index contributed by atoms with van der Waals surface area (Å²) in [5, 5.41) is 1.66. The Hall–Kier alpha value is -1.38. The third-order valence-electron chi connectivity index (χ3n) is 2.96. The molecule has 0 saturated heterocycles. The van der Waals surface area contributed by atoms with Crippen molar-refractivity contribution in [1.29, 1.82) is 0 Å². The molecule has 0 bridgehead atoms. The molecule has 1 atom stereocenters. The first-order valence-corrected chi connectivity index (χ1v) is 6.79. The molecule has 1 heterocycles. The first-order valence-electron chi connectivity index (χ1n) is 5.80. The molecule has 2 nitrogen and oxygen atoms in total. The number of hydrogen-bond donors (Lipinski definition) is 1. The van der Waals surface area contributed by atoms with E-state index < -0.39 is 29.9 Å². The van der Waals surface area contributed by atoms with Gasteiger partial charge in [-0.3, -0.25) is 4.79 Å². The van der Waals surface area contributed by atoms with E-state index in [0.717, 1.165) is 12.1 Å². The molecule has 0 aliphatic carbocycles. The van der Waals surface area contributed by atoms with Crippen LogP contribution < -0.4 is 5.32 Å². The van der Waals surface area contributed by atoms with E-state index in [4.69, 9.17) is 0 Å². The van der Waals surface area contributed by atoms with Crippen LogP contribution in [0.2, 0.25) is 0 Å². The van der Waals surface area contributed by atoms with E-state index in [1.54, 1.807) is 5.32 Å². The van der Waals surface area contributed by atoms with Crippen molar-refractivity contribution in [3.05, 3.63) is 29.6 Å². The lowest BCUT2D eigenvalue weighted by Crippen LogP contribution is -2.51. The molecule has 0 saturated carbocycles. The lowest BCUT2D eigenvalue weighted by molar-refractivity contribution is -0.270. The number of thioether (sulfide) groups is 1. The van der Waals surface area contributed by atoms with E-state index in [1.165, 1.54) is 17.8 Å². The van der Waals surface area contributed by atoms with Crippen molar-refractivity contribution < 1.29 is 31.1 Å². The van der Waals surface area contributed by atoms with E-state index in [-0.39, 0.29) is 12.0 Å². The van der Waals surface area contributed by atoms with Crippen LogP contribution in [0.1, 0.15) is 18.0 Å². The molecule has 1 aliphatic heterocycles. The third-order valence-corrected chi connectivity index (χ3v) is 4.08. The van der Waals surface area contributed by atoms with Gasteiger partial charge in [-0.15, -0.1) is 11.8 Å². The quantitative estimate of drug-likeness (QED) is 0.839. The standard InChI is InChI=1S/C12H9F6NOS/c13-6-1-2-9-7(5-6)8(3-4-21-9)19-10(20)11(14,15)12(16,17)18/h1-2,5,8H,3-4H2,(H,19,20). The predicted octanol–water partition coefficient (Wildman–Crippen LogP) is 3.68. The summed E-state index contributed by atoms with van der Waals surface area (Å²) in [7, 11) is 0. The van der Waals surface area contributed by atoms with Gasteiger partial charge < -0.3 is 5.32 Å². The Morgan fingerprint density at radius 2 is 1.90 bits per heavy atom. The van der Waals surface area contributed by atoms with Gasteiger partial charge in [0.1, 0.15) is 5.82 Å². The molecule has 0 radical (unpaired) electrons. The Morgan fingerprint density at radius 3 is 2.52 bits per heavy atom. The van der Waals surface area contributed by atoms with Crippen molar-refractivity contribution in [2.24, 2.45) is 0 Å². The number of nitrogens with one attached hydrogen (secondary N) is 1. The van der Waals surface area contributed by atoms with Gasteiger partial charge in [-0.25, -0.2) is 4.39 Å². The Kier molecular flexibility index (Phi) is 4.14. The highest BCUT2D eigenvalue weighted by Crippen LogP contribution is 2.39. The summed E-state index contributed by atoms with van der Waals surface area (Å²) in [6, 6.07) is 2.51. The van der Waals surface area contributed by atoms with Crippen LogP contribution in [0.15, 0.2) is 23.1 Å². The molecule has 1 aliphatic rings. The zero-order chi connectivity index (χ0) is 15.8. The third kappa shape index (κ3) is 3.12. The fourth-order valence-corrected chi connectivity index (χ4v) is 3.00. The average Bonchev–Trinajstić information content (AvgIpc) is 2.38. The monoisotopic (exact) mass is 329 g/mol. The number of rotatable bonds is 2. The number of alkyl halides is 5. The SMILES string of the molecule is O=C(NC1CCSc2ccc(F)cc21)C(F)(F)C(F)(F)F. The number of carbonyl (C=O) groups excluding carboxylic acids is 1. The van der Waals surface area contributed by atoms with Crippen LogP contribution in [0.5, 0.6) is 0 Å². The second-order valence-corrected chi connectivity index (χ2v) is 5.55. The summed E-state index contributed by atoms with van der Waals surface area (Å²) in [5.74, 6) is -8.15. The van der Waals surface area contributed by atoms with Crippen molar-refractivity contribution in [3.8, 4) is 0 Å². The highest BCUT2D eigenvalue weighted by Gasteiger charge is 2.63. The predicted molar refractivity (Wildman–Crippen MR) is 63.6 cm³/mol. The van der Waals surface area contributed by atoms with Gasteiger partial charge in [-0.2, -0.15) is 22.0 Å². The molecule has 9 heteroatoms. The number of halogens is 6. The second kappa shape index (κ2) is 5.43. The van der Waals surface area contributed by atoms with Crippen molar-refractivity contribution >= 4 is 17.7 Å². The van der Waals surface area contributed by atoms with Crippen molar-refractivity contribution in [1.82, 2.24) is 5.32 Å². The molecule has 116 valence electrons. The largest absolute Gasteiger partial charge is 0.463 e. The van der Waals surface area contributed by atoms with E-state index in [0.29, 0.717) is 10.6 Å². The molecule has 21 heavy (non-hydrogen) atoms. The van der Waals surface area contributed by atoms with Gasteiger partial charge in [0.25, 0.3) is 0 Å². The number of fused-ring (bicyclic) bond motifs is 1. The molecular weight excluding hydrogens is 320 g/mol. The van der Waals surface area contributed by atoms with Crippen LogP contribution >= 0.6 is 11.8 Å². The maximum Gasteiger partial charge on any atom is 0.463 e. The van der Waals surface area contributed by atoms with Gasteiger partial charge in [0.05, 0.1) is 6.04 Å². The molecule has 1 amide bonds. The maximum atomic E-state index is 13.2. The van der Waals surface area contributed by atoms with Crippen LogP contribution in [0.4, 0.5) is 26.3 Å².